The van der Waals surface area contributed by atoms with Gasteiger partial charge < -0.3 is 19.7 Å². The molecule has 4 aromatic rings. The molecule has 0 bridgehead atoms. The zero-order chi connectivity index (χ0) is 25.4. The Kier molecular flexibility index (Phi) is 8.34. The number of hydrogen-bond acceptors (Lipinski definition) is 4. The normalized spacial score (nSPS) is 16.4. The van der Waals surface area contributed by atoms with Crippen molar-refractivity contribution in [1.82, 2.24) is 0 Å². The Morgan fingerprint density at radius 3 is 1.08 bits per heavy atom. The van der Waals surface area contributed by atoms with Crippen LogP contribution < -0.4 is 0 Å². The van der Waals surface area contributed by atoms with Gasteiger partial charge in [-0.2, -0.15) is 0 Å². The van der Waals surface area contributed by atoms with Crippen LogP contribution in [0.1, 0.15) is 36.1 Å². The highest BCUT2D eigenvalue weighted by atomic mass is 16.6. The minimum atomic E-state index is -1.46. The molecule has 0 fully saturated rings. The van der Waals surface area contributed by atoms with Gasteiger partial charge in [0.25, 0.3) is 0 Å². The fourth-order valence-corrected chi connectivity index (χ4v) is 4.49. The van der Waals surface area contributed by atoms with Crippen molar-refractivity contribution >= 4 is 0 Å². The minimum absolute atomic E-state index is 0.255. The third-order valence-electron chi connectivity index (χ3n) is 6.64. The van der Waals surface area contributed by atoms with Crippen molar-refractivity contribution in [3.63, 3.8) is 0 Å². The molecule has 0 amide bonds. The molecule has 0 heterocycles. The molecule has 4 atom stereocenters. The van der Waals surface area contributed by atoms with E-state index in [1.54, 1.807) is 13.8 Å². The summed E-state index contributed by atoms with van der Waals surface area (Å²) in [6.45, 7) is 3.95. The van der Waals surface area contributed by atoms with Crippen molar-refractivity contribution in [3.05, 3.63) is 144 Å². The predicted molar refractivity (Wildman–Crippen MR) is 142 cm³/mol. The molecule has 2 N–H and O–H groups in total. The lowest BCUT2D eigenvalue weighted by molar-refractivity contribution is -0.226. The van der Waals surface area contributed by atoms with E-state index >= 15 is 0 Å². The number of hydrogen-bond donors (Lipinski definition) is 2. The van der Waals surface area contributed by atoms with Crippen molar-refractivity contribution in [2.45, 2.75) is 50.5 Å². The molecule has 0 spiro atoms. The van der Waals surface area contributed by atoms with E-state index in [9.17, 15) is 10.2 Å². The predicted octanol–water partition coefficient (Wildman–Crippen LogP) is 5.97. The van der Waals surface area contributed by atoms with E-state index in [2.05, 4.69) is 0 Å². The average molecular weight is 483 g/mol. The summed E-state index contributed by atoms with van der Waals surface area (Å²) in [6.07, 6.45) is -1.81. The third kappa shape index (κ3) is 6.10. The quantitative estimate of drug-likeness (QED) is 0.276. The van der Waals surface area contributed by atoms with Gasteiger partial charge in [-0.15, -0.1) is 0 Å². The summed E-state index contributed by atoms with van der Waals surface area (Å²) in [5.41, 5.74) is 0.368. The second-order valence-electron chi connectivity index (χ2n) is 9.46. The third-order valence-corrected chi connectivity index (χ3v) is 6.64. The SMILES string of the molecule is C[C@](O)(c1ccccc1)[C@H](OCc1ccccc1)[C@@H](OCc1ccccc1)[C@](C)(O)c1ccccc1. The van der Waals surface area contributed by atoms with E-state index in [0.717, 1.165) is 11.1 Å². The molecule has 0 saturated heterocycles. The number of ether oxygens (including phenoxy) is 2. The van der Waals surface area contributed by atoms with Crippen LogP contribution in [-0.2, 0) is 33.9 Å². The van der Waals surface area contributed by atoms with E-state index < -0.39 is 23.4 Å². The Balaban J connectivity index is 1.76. The lowest BCUT2D eigenvalue weighted by Gasteiger charge is -2.44. The molecule has 4 rings (SSSR count). The van der Waals surface area contributed by atoms with Crippen LogP contribution in [0, 0.1) is 0 Å². The van der Waals surface area contributed by atoms with Gasteiger partial charge in [-0.25, -0.2) is 0 Å². The Morgan fingerprint density at radius 1 is 0.500 bits per heavy atom. The monoisotopic (exact) mass is 482 g/mol. The molecule has 0 unspecified atom stereocenters. The van der Waals surface area contributed by atoms with E-state index in [4.69, 9.17) is 9.47 Å². The highest BCUT2D eigenvalue weighted by molar-refractivity contribution is 5.28. The van der Waals surface area contributed by atoms with Crippen LogP contribution in [0.3, 0.4) is 0 Å². The van der Waals surface area contributed by atoms with Crippen molar-refractivity contribution in [2.75, 3.05) is 0 Å². The first-order valence-corrected chi connectivity index (χ1v) is 12.3. The van der Waals surface area contributed by atoms with Crippen molar-refractivity contribution in [3.8, 4) is 0 Å². The molecule has 4 nitrogen and oxygen atoms in total. The van der Waals surface area contributed by atoms with Gasteiger partial charge in [0.15, 0.2) is 0 Å². The van der Waals surface area contributed by atoms with Crippen molar-refractivity contribution in [2.24, 2.45) is 0 Å². The van der Waals surface area contributed by atoms with Crippen LogP contribution in [0.2, 0.25) is 0 Å². The van der Waals surface area contributed by atoms with Crippen LogP contribution >= 0.6 is 0 Å². The van der Waals surface area contributed by atoms with Crippen molar-refractivity contribution < 1.29 is 19.7 Å². The van der Waals surface area contributed by atoms with E-state index in [1.165, 1.54) is 0 Å². The average Bonchev–Trinajstić information content (AvgIpc) is 2.92. The molecular weight excluding hydrogens is 448 g/mol. The van der Waals surface area contributed by atoms with Crippen LogP contribution in [0.25, 0.3) is 0 Å². The summed E-state index contributed by atoms with van der Waals surface area (Å²) < 4.78 is 12.9. The summed E-state index contributed by atoms with van der Waals surface area (Å²) in [7, 11) is 0. The lowest BCUT2D eigenvalue weighted by atomic mass is 9.78. The standard InChI is InChI=1S/C32H34O4/c1-31(33,27-19-11-5-12-20-27)29(35-23-25-15-7-3-8-16-25)30(36-24-26-17-9-4-10-18-26)32(2,34)28-21-13-6-14-22-28/h3-22,29-30,33-34H,23-24H2,1-2H3/t29-,30-,31-,32+/m1/s1. The molecule has 0 aliphatic rings. The first-order valence-electron chi connectivity index (χ1n) is 12.3. The maximum absolute atomic E-state index is 12.0. The van der Waals surface area contributed by atoms with Gasteiger partial charge in [0, 0.05) is 0 Å². The molecule has 0 radical (unpaired) electrons. The molecule has 186 valence electrons. The smallest absolute Gasteiger partial charge is 0.120 e. The molecule has 0 saturated carbocycles. The largest absolute Gasteiger partial charge is 0.383 e. The first kappa shape index (κ1) is 25.8. The molecular formula is C32H34O4. The fourth-order valence-electron chi connectivity index (χ4n) is 4.49. The van der Waals surface area contributed by atoms with Gasteiger partial charge in [0.1, 0.15) is 23.4 Å². The minimum Gasteiger partial charge on any atom is -0.383 e. The molecule has 4 aromatic carbocycles. The summed E-state index contributed by atoms with van der Waals surface area (Å²) in [6, 6.07) is 38.4. The summed E-state index contributed by atoms with van der Waals surface area (Å²) in [5.74, 6) is 0. The van der Waals surface area contributed by atoms with Gasteiger partial charge in [-0.3, -0.25) is 0 Å². The number of aliphatic hydroxyl groups is 2. The molecule has 0 aliphatic heterocycles. The second kappa shape index (κ2) is 11.6. The second-order valence-corrected chi connectivity index (χ2v) is 9.46. The molecule has 4 heteroatoms. The Morgan fingerprint density at radius 2 is 0.778 bits per heavy atom. The van der Waals surface area contributed by atoms with Gasteiger partial charge >= 0.3 is 0 Å². The summed E-state index contributed by atoms with van der Waals surface area (Å²) in [4.78, 5) is 0. The zero-order valence-corrected chi connectivity index (χ0v) is 20.8. The van der Waals surface area contributed by atoms with Crippen LogP contribution in [0.5, 0.6) is 0 Å². The van der Waals surface area contributed by atoms with Gasteiger partial charge in [0.05, 0.1) is 13.2 Å². The van der Waals surface area contributed by atoms with Gasteiger partial charge in [-0.05, 0) is 36.1 Å². The number of benzene rings is 4. The Labute approximate surface area is 213 Å². The molecule has 0 aromatic heterocycles. The maximum atomic E-state index is 12.0. The highest BCUT2D eigenvalue weighted by Gasteiger charge is 2.49. The Bertz CT molecular complexity index is 1080. The topological polar surface area (TPSA) is 58.9 Å². The van der Waals surface area contributed by atoms with E-state index in [0.29, 0.717) is 11.1 Å². The van der Waals surface area contributed by atoms with Crippen LogP contribution in [0.4, 0.5) is 0 Å². The van der Waals surface area contributed by atoms with E-state index in [-0.39, 0.29) is 13.2 Å². The highest BCUT2D eigenvalue weighted by Crippen LogP contribution is 2.38. The van der Waals surface area contributed by atoms with Gasteiger partial charge in [-0.1, -0.05) is 121 Å². The fraction of sp³-hybridized carbons (Fsp3) is 0.250. The summed E-state index contributed by atoms with van der Waals surface area (Å²) >= 11 is 0. The first-order chi connectivity index (χ1) is 17.4. The zero-order valence-electron chi connectivity index (χ0n) is 20.8. The molecule has 0 aliphatic carbocycles. The Hall–Kier alpha value is -3.28. The van der Waals surface area contributed by atoms with E-state index in [1.807, 2.05) is 121 Å². The van der Waals surface area contributed by atoms with Crippen LogP contribution in [0.15, 0.2) is 121 Å². The van der Waals surface area contributed by atoms with Gasteiger partial charge in [0.2, 0.25) is 0 Å². The van der Waals surface area contributed by atoms with Crippen LogP contribution in [-0.4, -0.2) is 22.4 Å². The maximum Gasteiger partial charge on any atom is 0.120 e. The molecule has 36 heavy (non-hydrogen) atoms. The van der Waals surface area contributed by atoms with Crippen molar-refractivity contribution in [1.29, 1.82) is 0 Å². The number of rotatable bonds is 11. The lowest BCUT2D eigenvalue weighted by Crippen LogP contribution is -2.55. The summed E-state index contributed by atoms with van der Waals surface area (Å²) in [5, 5.41) is 24.0.